The molecule has 1 fully saturated rings. The first-order valence-electron chi connectivity index (χ1n) is 8.83. The van der Waals surface area contributed by atoms with E-state index in [0.717, 1.165) is 10.7 Å². The molecule has 0 aliphatic carbocycles. The van der Waals surface area contributed by atoms with Gasteiger partial charge in [0.2, 0.25) is 0 Å². The second-order valence-corrected chi connectivity index (χ2v) is 10.4. The highest BCUT2D eigenvalue weighted by Crippen LogP contribution is 2.29. The Bertz CT molecular complexity index is 798. The van der Waals surface area contributed by atoms with Gasteiger partial charge in [0, 0.05) is 37.0 Å². The highest BCUT2D eigenvalue weighted by Gasteiger charge is 2.50. The summed E-state index contributed by atoms with van der Waals surface area (Å²) in [6.45, 7) is 6.37. The number of piperidine rings is 1. The quantitative estimate of drug-likeness (QED) is 0.331. The minimum absolute atomic E-state index is 0. The summed E-state index contributed by atoms with van der Waals surface area (Å²) < 4.78 is 61.3. The molecule has 0 radical (unpaired) electrons. The fourth-order valence-corrected chi connectivity index (χ4v) is 4.62. The van der Waals surface area contributed by atoms with E-state index in [9.17, 15) is 21.6 Å². The summed E-state index contributed by atoms with van der Waals surface area (Å²) in [6, 6.07) is -0.160. The Labute approximate surface area is 190 Å². The molecule has 0 unspecified atom stereocenters. The highest BCUT2D eigenvalue weighted by atomic mass is 127. The SMILES string of the molecule is CN=C(NCc1nc(C(C)(C)C)cs1)NC1CCN(S(=O)(=O)C(F)(F)F)CC1.I. The van der Waals surface area contributed by atoms with Crippen LogP contribution in [0.4, 0.5) is 13.2 Å². The first-order valence-corrected chi connectivity index (χ1v) is 11.1. The zero-order valence-corrected chi connectivity index (χ0v) is 20.7. The normalized spacial score (nSPS) is 17.7. The molecule has 2 N–H and O–H groups in total. The number of guanidine groups is 1. The number of alkyl halides is 3. The van der Waals surface area contributed by atoms with Crippen LogP contribution in [-0.4, -0.2) is 55.4 Å². The fraction of sp³-hybridized carbons (Fsp3) is 0.750. The molecule has 1 aliphatic rings. The molecule has 29 heavy (non-hydrogen) atoms. The molecule has 0 spiro atoms. The van der Waals surface area contributed by atoms with Crippen LogP contribution in [0.1, 0.15) is 44.3 Å². The summed E-state index contributed by atoms with van der Waals surface area (Å²) in [5, 5.41) is 9.19. The zero-order chi connectivity index (χ0) is 21.2. The lowest BCUT2D eigenvalue weighted by Crippen LogP contribution is -2.51. The van der Waals surface area contributed by atoms with Crippen molar-refractivity contribution in [2.24, 2.45) is 4.99 Å². The van der Waals surface area contributed by atoms with Crippen LogP contribution >= 0.6 is 35.3 Å². The maximum atomic E-state index is 12.6. The third-order valence-electron chi connectivity index (χ3n) is 4.38. The minimum Gasteiger partial charge on any atom is -0.354 e. The number of halogens is 4. The van der Waals surface area contributed by atoms with Crippen molar-refractivity contribution in [3.63, 3.8) is 0 Å². The van der Waals surface area contributed by atoms with E-state index in [1.165, 1.54) is 0 Å². The van der Waals surface area contributed by atoms with Crippen LogP contribution in [0.15, 0.2) is 10.4 Å². The average Bonchev–Trinajstić information content (AvgIpc) is 3.07. The number of thiazole rings is 1. The smallest absolute Gasteiger partial charge is 0.354 e. The molecule has 1 aromatic heterocycles. The number of sulfonamides is 1. The first kappa shape index (κ1) is 26.4. The number of aromatic nitrogens is 1. The second kappa shape index (κ2) is 10.1. The topological polar surface area (TPSA) is 86.7 Å². The van der Waals surface area contributed by atoms with E-state index >= 15 is 0 Å². The van der Waals surface area contributed by atoms with Gasteiger partial charge >= 0.3 is 15.5 Å². The lowest BCUT2D eigenvalue weighted by atomic mass is 9.93. The van der Waals surface area contributed by atoms with Crippen LogP contribution < -0.4 is 10.6 Å². The Morgan fingerprint density at radius 1 is 1.31 bits per heavy atom. The zero-order valence-electron chi connectivity index (χ0n) is 16.7. The van der Waals surface area contributed by atoms with Gasteiger partial charge in [0.1, 0.15) is 5.01 Å². The summed E-state index contributed by atoms with van der Waals surface area (Å²) in [6.07, 6.45) is 0.531. The number of hydrogen-bond acceptors (Lipinski definition) is 5. The van der Waals surface area contributed by atoms with Crippen molar-refractivity contribution in [2.75, 3.05) is 20.1 Å². The molecule has 2 heterocycles. The number of nitrogens with one attached hydrogen (secondary N) is 2. The van der Waals surface area contributed by atoms with Crippen LogP contribution in [-0.2, 0) is 22.0 Å². The molecular formula is C16H27F3IN5O2S2. The minimum atomic E-state index is -5.26. The lowest BCUT2D eigenvalue weighted by molar-refractivity contribution is -0.0494. The van der Waals surface area contributed by atoms with E-state index in [-0.39, 0.29) is 61.4 Å². The largest absolute Gasteiger partial charge is 0.511 e. The Balaban J connectivity index is 0.00000420. The Kier molecular flexibility index (Phi) is 9.17. The predicted octanol–water partition coefficient (Wildman–Crippen LogP) is 3.04. The van der Waals surface area contributed by atoms with Crippen LogP contribution in [0.25, 0.3) is 0 Å². The van der Waals surface area contributed by atoms with Crippen LogP contribution in [0.3, 0.4) is 0 Å². The Morgan fingerprint density at radius 3 is 2.34 bits per heavy atom. The van der Waals surface area contributed by atoms with E-state index in [0.29, 0.717) is 16.8 Å². The van der Waals surface area contributed by atoms with Gasteiger partial charge in [-0.05, 0) is 12.8 Å². The van der Waals surface area contributed by atoms with Gasteiger partial charge in [0.05, 0.1) is 12.2 Å². The molecule has 2 rings (SSSR count). The van der Waals surface area contributed by atoms with Crippen molar-refractivity contribution >= 4 is 51.3 Å². The number of rotatable bonds is 4. The van der Waals surface area contributed by atoms with E-state index in [1.807, 2.05) is 5.38 Å². The summed E-state index contributed by atoms with van der Waals surface area (Å²) >= 11 is 1.54. The Morgan fingerprint density at radius 2 is 1.90 bits per heavy atom. The van der Waals surface area contributed by atoms with Crippen molar-refractivity contribution in [3.05, 3.63) is 16.1 Å². The lowest BCUT2D eigenvalue weighted by Gasteiger charge is -2.32. The summed E-state index contributed by atoms with van der Waals surface area (Å²) in [5.74, 6) is 0.504. The summed E-state index contributed by atoms with van der Waals surface area (Å²) in [7, 11) is -3.66. The molecule has 168 valence electrons. The van der Waals surface area contributed by atoms with Crippen LogP contribution in [0.5, 0.6) is 0 Å². The third-order valence-corrected chi connectivity index (χ3v) is 6.86. The van der Waals surface area contributed by atoms with Gasteiger partial charge in [-0.15, -0.1) is 35.3 Å². The van der Waals surface area contributed by atoms with Crippen molar-refractivity contribution in [2.45, 2.75) is 57.1 Å². The van der Waals surface area contributed by atoms with E-state index in [4.69, 9.17) is 0 Å². The van der Waals surface area contributed by atoms with Gasteiger partial charge in [-0.25, -0.2) is 13.4 Å². The summed E-state index contributed by atoms with van der Waals surface area (Å²) in [4.78, 5) is 8.71. The summed E-state index contributed by atoms with van der Waals surface area (Å²) in [5.41, 5.74) is -4.28. The maximum absolute atomic E-state index is 12.6. The van der Waals surface area contributed by atoms with Gasteiger partial charge in [-0.3, -0.25) is 4.99 Å². The van der Waals surface area contributed by atoms with Crippen molar-refractivity contribution in [3.8, 4) is 0 Å². The highest BCUT2D eigenvalue weighted by molar-refractivity contribution is 14.0. The molecule has 1 aliphatic heterocycles. The van der Waals surface area contributed by atoms with Gasteiger partial charge in [0.15, 0.2) is 5.96 Å². The van der Waals surface area contributed by atoms with Crippen molar-refractivity contribution < 1.29 is 21.6 Å². The van der Waals surface area contributed by atoms with Gasteiger partial charge in [0.25, 0.3) is 0 Å². The predicted molar refractivity (Wildman–Crippen MR) is 119 cm³/mol. The molecular weight excluding hydrogens is 542 g/mol. The van der Waals surface area contributed by atoms with Crippen molar-refractivity contribution in [1.82, 2.24) is 19.9 Å². The Hall–Kier alpha value is -0.670. The first-order chi connectivity index (χ1) is 12.8. The third kappa shape index (κ3) is 6.92. The van der Waals surface area contributed by atoms with E-state index in [1.54, 1.807) is 18.4 Å². The maximum Gasteiger partial charge on any atom is 0.511 e. The average molecular weight is 569 g/mol. The standard InChI is InChI=1S/C16H26F3N5O2S2.HI/c1-15(2,3)12-10-27-13(23-12)9-21-14(20-4)22-11-5-7-24(8-6-11)28(25,26)16(17,18)19;/h10-11H,5-9H2,1-4H3,(H2,20,21,22);1H. The van der Waals surface area contributed by atoms with E-state index < -0.39 is 15.5 Å². The van der Waals surface area contributed by atoms with Crippen molar-refractivity contribution in [1.29, 1.82) is 0 Å². The van der Waals surface area contributed by atoms with Gasteiger partial charge in [-0.2, -0.15) is 17.5 Å². The number of aliphatic imine (C=N–C) groups is 1. The number of nitrogens with zero attached hydrogens (tertiary/aromatic N) is 3. The molecule has 1 aromatic rings. The molecule has 0 amide bonds. The van der Waals surface area contributed by atoms with Crippen LogP contribution in [0, 0.1) is 0 Å². The molecule has 0 aromatic carbocycles. The molecule has 1 saturated heterocycles. The molecule has 0 saturated carbocycles. The molecule has 0 atom stereocenters. The molecule has 7 nitrogen and oxygen atoms in total. The van der Waals surface area contributed by atoms with Crippen LogP contribution in [0.2, 0.25) is 0 Å². The van der Waals surface area contributed by atoms with E-state index in [2.05, 4.69) is 41.4 Å². The van der Waals surface area contributed by atoms with Gasteiger partial charge < -0.3 is 10.6 Å². The second-order valence-electron chi connectivity index (χ2n) is 7.57. The van der Waals surface area contributed by atoms with Gasteiger partial charge in [-0.1, -0.05) is 20.8 Å². The monoisotopic (exact) mass is 569 g/mol. The number of hydrogen-bond donors (Lipinski definition) is 2. The molecule has 0 bridgehead atoms. The molecule has 13 heteroatoms. The fourth-order valence-electron chi connectivity index (χ4n) is 2.67.